The number of hydrogen-bond donors (Lipinski definition) is 2. The quantitative estimate of drug-likeness (QED) is 0.887. The second-order valence-electron chi connectivity index (χ2n) is 4.59. The molecule has 0 aliphatic heterocycles. The number of halogens is 1. The zero-order chi connectivity index (χ0) is 12.7. The number of nitrogens with two attached hydrogens (primary N) is 1. The number of rotatable bonds is 2. The summed E-state index contributed by atoms with van der Waals surface area (Å²) in [5.74, 6) is -0.0328. The summed E-state index contributed by atoms with van der Waals surface area (Å²) in [6, 6.07) is 6.23. The van der Waals surface area contributed by atoms with Gasteiger partial charge in [0.2, 0.25) is 0 Å². The number of nitrogen functional groups attached to an aromatic ring is 1. The topological polar surface area (TPSA) is 55.1 Å². The monoisotopic (exact) mass is 324 g/mol. The second kappa shape index (κ2) is 4.55. The molecular weight excluding hydrogens is 312 g/mol. The minimum absolute atomic E-state index is 0.0328. The summed E-state index contributed by atoms with van der Waals surface area (Å²) < 4.78 is 2.04. The first kappa shape index (κ1) is 12.0. The number of carbonyl (C=O) groups excluding carboxylic acids is 1. The van der Waals surface area contributed by atoms with E-state index in [9.17, 15) is 4.79 Å². The van der Waals surface area contributed by atoms with E-state index in [1.807, 2.05) is 18.2 Å². The third-order valence-electron chi connectivity index (χ3n) is 3.34. The van der Waals surface area contributed by atoms with Crippen LogP contribution < -0.4 is 11.1 Å². The van der Waals surface area contributed by atoms with Gasteiger partial charge in [0.1, 0.15) is 4.88 Å². The lowest BCUT2D eigenvalue weighted by Crippen LogP contribution is -2.39. The molecule has 0 unspecified atom stereocenters. The van der Waals surface area contributed by atoms with Gasteiger partial charge >= 0.3 is 0 Å². The van der Waals surface area contributed by atoms with Crippen molar-refractivity contribution in [1.29, 1.82) is 0 Å². The summed E-state index contributed by atoms with van der Waals surface area (Å²) in [5.41, 5.74) is 6.66. The van der Waals surface area contributed by atoms with Crippen molar-refractivity contribution in [3.05, 3.63) is 27.5 Å². The Balaban J connectivity index is 1.95. The molecule has 0 radical (unpaired) electrons. The number of carbonyl (C=O) groups is 1. The zero-order valence-electron chi connectivity index (χ0n) is 9.70. The van der Waals surface area contributed by atoms with Gasteiger partial charge in [-0.1, -0.05) is 22.0 Å². The van der Waals surface area contributed by atoms with Crippen molar-refractivity contribution < 1.29 is 4.79 Å². The van der Waals surface area contributed by atoms with Gasteiger partial charge < -0.3 is 11.1 Å². The van der Waals surface area contributed by atoms with Gasteiger partial charge in [0.25, 0.3) is 5.91 Å². The van der Waals surface area contributed by atoms with Crippen LogP contribution in [0.1, 0.15) is 28.9 Å². The largest absolute Gasteiger partial charge is 0.397 e. The van der Waals surface area contributed by atoms with Crippen LogP contribution >= 0.6 is 27.3 Å². The standard InChI is InChI=1S/C13H13BrN2OS/c14-7-4-5-9-10(6-7)18-12(11(9)15)13(17)16-8-2-1-3-8/h4-6,8H,1-3,15H2,(H,16,17). The van der Waals surface area contributed by atoms with E-state index < -0.39 is 0 Å². The predicted molar refractivity (Wildman–Crippen MR) is 79.0 cm³/mol. The Hall–Kier alpha value is -1.07. The lowest BCUT2D eigenvalue weighted by atomic mass is 9.93. The number of benzene rings is 1. The first-order chi connectivity index (χ1) is 8.65. The molecule has 5 heteroatoms. The fourth-order valence-electron chi connectivity index (χ4n) is 2.06. The molecule has 3 nitrogen and oxygen atoms in total. The Morgan fingerprint density at radius 1 is 1.44 bits per heavy atom. The van der Waals surface area contributed by atoms with Crippen LogP contribution in [0.25, 0.3) is 10.1 Å². The van der Waals surface area contributed by atoms with Crippen molar-refractivity contribution in [3.63, 3.8) is 0 Å². The second-order valence-corrected chi connectivity index (χ2v) is 6.55. The number of fused-ring (bicyclic) bond motifs is 1. The van der Waals surface area contributed by atoms with Crippen LogP contribution in [0.15, 0.2) is 22.7 Å². The third kappa shape index (κ3) is 2.01. The lowest BCUT2D eigenvalue weighted by molar-refractivity contribution is 0.0922. The Morgan fingerprint density at radius 2 is 2.22 bits per heavy atom. The molecule has 0 spiro atoms. The summed E-state index contributed by atoms with van der Waals surface area (Å²) in [7, 11) is 0. The predicted octanol–water partition coefficient (Wildman–Crippen LogP) is 3.53. The van der Waals surface area contributed by atoms with Gasteiger partial charge in [-0.15, -0.1) is 11.3 Å². The Bertz CT molecular complexity index is 619. The van der Waals surface area contributed by atoms with Gasteiger partial charge in [-0.2, -0.15) is 0 Å². The minimum Gasteiger partial charge on any atom is -0.397 e. The molecule has 1 aliphatic carbocycles. The molecule has 0 bridgehead atoms. The SMILES string of the molecule is Nc1c(C(=O)NC2CCC2)sc2cc(Br)ccc12. The maximum absolute atomic E-state index is 12.1. The highest BCUT2D eigenvalue weighted by atomic mass is 79.9. The highest BCUT2D eigenvalue weighted by Gasteiger charge is 2.23. The van der Waals surface area contributed by atoms with Gasteiger partial charge in [-0.25, -0.2) is 0 Å². The van der Waals surface area contributed by atoms with Crippen molar-refractivity contribution >= 4 is 48.9 Å². The van der Waals surface area contributed by atoms with Crippen molar-refractivity contribution in [1.82, 2.24) is 5.32 Å². The number of thiophene rings is 1. The molecule has 1 aromatic carbocycles. The van der Waals surface area contributed by atoms with Crippen molar-refractivity contribution in [2.45, 2.75) is 25.3 Å². The molecule has 0 atom stereocenters. The smallest absolute Gasteiger partial charge is 0.263 e. The van der Waals surface area contributed by atoms with E-state index in [2.05, 4.69) is 21.2 Å². The summed E-state index contributed by atoms with van der Waals surface area (Å²) >= 11 is 4.88. The molecular formula is C13H13BrN2OS. The maximum atomic E-state index is 12.1. The average Bonchev–Trinajstić information content (AvgIpc) is 2.60. The van der Waals surface area contributed by atoms with Crippen LogP contribution in [0, 0.1) is 0 Å². The van der Waals surface area contributed by atoms with Gasteiger partial charge in [0, 0.05) is 20.6 Å². The molecule has 1 aliphatic rings. The van der Waals surface area contributed by atoms with Gasteiger partial charge in [0.15, 0.2) is 0 Å². The van der Waals surface area contributed by atoms with E-state index in [0.29, 0.717) is 16.6 Å². The maximum Gasteiger partial charge on any atom is 0.263 e. The van der Waals surface area contributed by atoms with E-state index in [1.54, 1.807) is 0 Å². The molecule has 3 rings (SSSR count). The van der Waals surface area contributed by atoms with Gasteiger partial charge in [0.05, 0.1) is 5.69 Å². The van der Waals surface area contributed by atoms with Crippen molar-refractivity contribution in [3.8, 4) is 0 Å². The van der Waals surface area contributed by atoms with E-state index in [-0.39, 0.29) is 5.91 Å². The molecule has 2 aromatic rings. The number of nitrogens with one attached hydrogen (secondary N) is 1. The van der Waals surface area contributed by atoms with Gasteiger partial charge in [-0.05, 0) is 31.4 Å². The molecule has 18 heavy (non-hydrogen) atoms. The molecule has 1 heterocycles. The van der Waals surface area contributed by atoms with Crippen LogP contribution in [-0.2, 0) is 0 Å². The van der Waals surface area contributed by atoms with Crippen LogP contribution in [0.3, 0.4) is 0 Å². The third-order valence-corrected chi connectivity index (χ3v) is 5.00. The molecule has 1 aromatic heterocycles. The normalized spacial score (nSPS) is 15.6. The summed E-state index contributed by atoms with van der Waals surface area (Å²) in [6.45, 7) is 0. The van der Waals surface area contributed by atoms with Crippen molar-refractivity contribution in [2.75, 3.05) is 5.73 Å². The molecule has 1 amide bonds. The van der Waals surface area contributed by atoms with Crippen LogP contribution in [0.4, 0.5) is 5.69 Å². The van der Waals surface area contributed by atoms with E-state index >= 15 is 0 Å². The molecule has 1 saturated carbocycles. The fraction of sp³-hybridized carbons (Fsp3) is 0.308. The highest BCUT2D eigenvalue weighted by Crippen LogP contribution is 2.35. The molecule has 94 valence electrons. The fourth-order valence-corrected chi connectivity index (χ4v) is 3.64. The average molecular weight is 325 g/mol. The molecule has 0 saturated heterocycles. The Labute approximate surface area is 117 Å². The molecule has 3 N–H and O–H groups in total. The van der Waals surface area contributed by atoms with E-state index in [4.69, 9.17) is 5.73 Å². The number of amides is 1. The van der Waals surface area contributed by atoms with E-state index in [0.717, 1.165) is 27.4 Å². The summed E-state index contributed by atoms with van der Waals surface area (Å²) in [6.07, 6.45) is 3.38. The Morgan fingerprint density at radius 3 is 2.89 bits per heavy atom. The van der Waals surface area contributed by atoms with Crippen LogP contribution in [0.2, 0.25) is 0 Å². The molecule has 1 fully saturated rings. The van der Waals surface area contributed by atoms with Crippen molar-refractivity contribution in [2.24, 2.45) is 0 Å². The summed E-state index contributed by atoms with van der Waals surface area (Å²) in [5, 5.41) is 3.99. The van der Waals surface area contributed by atoms with E-state index in [1.165, 1.54) is 17.8 Å². The zero-order valence-corrected chi connectivity index (χ0v) is 12.1. The Kier molecular flexibility index (Phi) is 3.03. The van der Waals surface area contributed by atoms with Gasteiger partial charge in [-0.3, -0.25) is 4.79 Å². The highest BCUT2D eigenvalue weighted by molar-refractivity contribution is 9.10. The number of hydrogen-bond acceptors (Lipinski definition) is 3. The van der Waals surface area contributed by atoms with Crippen LogP contribution in [0.5, 0.6) is 0 Å². The minimum atomic E-state index is -0.0328. The first-order valence-electron chi connectivity index (χ1n) is 5.93. The summed E-state index contributed by atoms with van der Waals surface area (Å²) in [4.78, 5) is 12.8. The number of anilines is 1. The van der Waals surface area contributed by atoms with Crippen LogP contribution in [-0.4, -0.2) is 11.9 Å². The first-order valence-corrected chi connectivity index (χ1v) is 7.54. The lowest BCUT2D eigenvalue weighted by Gasteiger charge is -2.26.